The summed E-state index contributed by atoms with van der Waals surface area (Å²) in [7, 11) is 0. The molecule has 0 aliphatic carbocycles. The van der Waals surface area contributed by atoms with Crippen LogP contribution in [-0.4, -0.2) is 0 Å². The van der Waals surface area contributed by atoms with Crippen LogP contribution in [0.2, 0.25) is 0 Å². The molecule has 0 saturated carbocycles. The molecule has 0 radical (unpaired) electrons. The summed E-state index contributed by atoms with van der Waals surface area (Å²) in [4.78, 5) is 0. The molecule has 0 heterocycles. The molecule has 2 aromatic carbocycles. The van der Waals surface area contributed by atoms with E-state index in [1.54, 1.807) is 18.2 Å². The third-order valence-electron chi connectivity index (χ3n) is 2.76. The molecule has 0 aromatic heterocycles. The van der Waals surface area contributed by atoms with E-state index in [0.717, 1.165) is 4.47 Å². The van der Waals surface area contributed by atoms with Crippen LogP contribution in [0.1, 0.15) is 16.7 Å². The molecule has 0 aliphatic heterocycles. The molecular weight excluding hydrogens is 321 g/mol. The Kier molecular flexibility index (Phi) is 4.34. The number of nitrogens with zero attached hydrogens (tertiary/aromatic N) is 2. The van der Waals surface area contributed by atoms with E-state index >= 15 is 0 Å². The highest BCUT2D eigenvalue weighted by Crippen LogP contribution is 2.22. The van der Waals surface area contributed by atoms with Crippen molar-refractivity contribution in [2.24, 2.45) is 0 Å². The summed E-state index contributed by atoms with van der Waals surface area (Å²) in [5.74, 6) is -0.393. The smallest absolute Gasteiger partial charge is 0.123 e. The van der Waals surface area contributed by atoms with Crippen LogP contribution < -0.4 is 5.32 Å². The van der Waals surface area contributed by atoms with Crippen LogP contribution in [0.3, 0.4) is 0 Å². The van der Waals surface area contributed by atoms with E-state index in [9.17, 15) is 4.39 Å². The number of nitriles is 2. The minimum Gasteiger partial charge on any atom is -0.380 e. The van der Waals surface area contributed by atoms with Gasteiger partial charge in [-0.15, -0.1) is 0 Å². The van der Waals surface area contributed by atoms with Crippen LogP contribution in [-0.2, 0) is 6.54 Å². The number of hydrogen-bond acceptors (Lipinski definition) is 3. The number of halogens is 2. The fourth-order valence-electron chi connectivity index (χ4n) is 1.77. The molecule has 0 spiro atoms. The Hall–Kier alpha value is -2.37. The van der Waals surface area contributed by atoms with Crippen LogP contribution >= 0.6 is 15.9 Å². The lowest BCUT2D eigenvalue weighted by atomic mass is 10.1. The first-order valence-corrected chi connectivity index (χ1v) is 6.55. The van der Waals surface area contributed by atoms with Gasteiger partial charge in [0.05, 0.1) is 22.9 Å². The maximum atomic E-state index is 13.2. The molecule has 0 unspecified atom stereocenters. The molecule has 0 amide bonds. The van der Waals surface area contributed by atoms with Gasteiger partial charge in [0.25, 0.3) is 0 Å². The highest BCUT2D eigenvalue weighted by molar-refractivity contribution is 9.10. The van der Waals surface area contributed by atoms with Gasteiger partial charge >= 0.3 is 0 Å². The minimum absolute atomic E-state index is 0.270. The van der Waals surface area contributed by atoms with Crippen molar-refractivity contribution in [3.8, 4) is 12.1 Å². The van der Waals surface area contributed by atoms with Gasteiger partial charge in [0.15, 0.2) is 0 Å². The third-order valence-corrected chi connectivity index (χ3v) is 3.25. The SMILES string of the molecule is N#Cc1ccc(F)cc1CNc1cc(Br)ccc1C#N. The zero-order valence-electron chi connectivity index (χ0n) is 10.3. The summed E-state index contributed by atoms with van der Waals surface area (Å²) in [6.45, 7) is 0.270. The molecule has 2 aromatic rings. The summed E-state index contributed by atoms with van der Waals surface area (Å²) in [6.07, 6.45) is 0. The average molecular weight is 330 g/mol. The molecule has 0 saturated heterocycles. The van der Waals surface area contributed by atoms with Crippen molar-refractivity contribution >= 4 is 21.6 Å². The summed E-state index contributed by atoms with van der Waals surface area (Å²) < 4.78 is 14.1. The lowest BCUT2D eigenvalue weighted by Crippen LogP contribution is -2.03. The van der Waals surface area contributed by atoms with E-state index in [0.29, 0.717) is 22.4 Å². The van der Waals surface area contributed by atoms with Crippen molar-refractivity contribution in [2.45, 2.75) is 6.54 Å². The summed E-state index contributed by atoms with van der Waals surface area (Å²) in [5.41, 5.74) is 2.09. The van der Waals surface area contributed by atoms with Crippen molar-refractivity contribution < 1.29 is 4.39 Å². The third kappa shape index (κ3) is 3.14. The average Bonchev–Trinajstić information content (AvgIpc) is 2.45. The molecule has 0 atom stereocenters. The van der Waals surface area contributed by atoms with Gasteiger partial charge in [-0.2, -0.15) is 10.5 Å². The Bertz CT molecular complexity index is 665. The van der Waals surface area contributed by atoms with Gasteiger partial charge in [0.1, 0.15) is 11.9 Å². The predicted molar refractivity (Wildman–Crippen MR) is 77.3 cm³/mol. The Morgan fingerprint density at radius 2 is 1.75 bits per heavy atom. The van der Waals surface area contributed by atoms with Crippen LogP contribution in [0.4, 0.5) is 10.1 Å². The first-order valence-electron chi connectivity index (χ1n) is 5.76. The topological polar surface area (TPSA) is 59.6 Å². The molecule has 1 N–H and O–H groups in total. The van der Waals surface area contributed by atoms with E-state index in [1.807, 2.05) is 6.07 Å². The van der Waals surface area contributed by atoms with Crippen molar-refractivity contribution in [2.75, 3.05) is 5.32 Å². The zero-order valence-corrected chi connectivity index (χ0v) is 11.9. The number of anilines is 1. The monoisotopic (exact) mass is 329 g/mol. The molecule has 0 aliphatic rings. The van der Waals surface area contributed by atoms with Gasteiger partial charge in [0.2, 0.25) is 0 Å². The van der Waals surface area contributed by atoms with E-state index in [-0.39, 0.29) is 6.54 Å². The Morgan fingerprint density at radius 1 is 1.05 bits per heavy atom. The Balaban J connectivity index is 2.26. The van der Waals surface area contributed by atoms with Crippen LogP contribution in [0.25, 0.3) is 0 Å². The first-order chi connectivity index (χ1) is 9.63. The molecule has 0 fully saturated rings. The zero-order chi connectivity index (χ0) is 14.5. The van der Waals surface area contributed by atoms with Crippen molar-refractivity contribution in [3.05, 3.63) is 63.4 Å². The summed E-state index contributed by atoms with van der Waals surface area (Å²) >= 11 is 3.33. The lowest BCUT2D eigenvalue weighted by Gasteiger charge is -2.10. The predicted octanol–water partition coefficient (Wildman–Crippen LogP) is 3.94. The summed E-state index contributed by atoms with van der Waals surface area (Å²) in [6, 6.07) is 13.3. The lowest BCUT2D eigenvalue weighted by molar-refractivity contribution is 0.625. The van der Waals surface area contributed by atoms with E-state index in [2.05, 4.69) is 27.3 Å². The second-order valence-corrected chi connectivity index (χ2v) is 4.98. The Labute approximate surface area is 124 Å². The molecule has 98 valence electrons. The maximum absolute atomic E-state index is 13.2. The highest BCUT2D eigenvalue weighted by atomic mass is 79.9. The summed E-state index contributed by atoms with van der Waals surface area (Å²) in [5, 5.41) is 21.1. The Morgan fingerprint density at radius 3 is 2.45 bits per heavy atom. The number of nitrogens with one attached hydrogen (secondary N) is 1. The second kappa shape index (κ2) is 6.18. The van der Waals surface area contributed by atoms with Crippen LogP contribution in [0, 0.1) is 28.5 Å². The highest BCUT2D eigenvalue weighted by Gasteiger charge is 2.06. The fraction of sp³-hybridized carbons (Fsp3) is 0.0667. The van der Waals surface area contributed by atoms with E-state index in [1.165, 1.54) is 18.2 Å². The van der Waals surface area contributed by atoms with Crippen LogP contribution in [0.15, 0.2) is 40.9 Å². The minimum atomic E-state index is -0.393. The van der Waals surface area contributed by atoms with Gasteiger partial charge < -0.3 is 5.32 Å². The van der Waals surface area contributed by atoms with Crippen molar-refractivity contribution in [3.63, 3.8) is 0 Å². The number of hydrogen-bond donors (Lipinski definition) is 1. The molecule has 20 heavy (non-hydrogen) atoms. The van der Waals surface area contributed by atoms with Crippen molar-refractivity contribution in [1.29, 1.82) is 10.5 Å². The molecule has 2 rings (SSSR count). The fourth-order valence-corrected chi connectivity index (χ4v) is 2.13. The van der Waals surface area contributed by atoms with Gasteiger partial charge in [-0.1, -0.05) is 15.9 Å². The number of rotatable bonds is 3. The molecule has 0 bridgehead atoms. The number of benzene rings is 2. The normalized spacial score (nSPS) is 9.60. The standard InChI is InChI=1S/C15H9BrFN3/c16-13-3-1-11(8-19)15(6-13)20-9-12-5-14(17)4-2-10(12)7-18/h1-6,20H,9H2. The second-order valence-electron chi connectivity index (χ2n) is 4.07. The molecule has 5 heteroatoms. The van der Waals surface area contributed by atoms with Gasteiger partial charge in [-0.3, -0.25) is 0 Å². The largest absolute Gasteiger partial charge is 0.380 e. The van der Waals surface area contributed by atoms with Gasteiger partial charge in [-0.05, 0) is 42.0 Å². The quantitative estimate of drug-likeness (QED) is 0.927. The molecular formula is C15H9BrFN3. The van der Waals surface area contributed by atoms with Crippen LogP contribution in [0.5, 0.6) is 0 Å². The van der Waals surface area contributed by atoms with E-state index < -0.39 is 5.82 Å². The first kappa shape index (κ1) is 14.0. The maximum Gasteiger partial charge on any atom is 0.123 e. The van der Waals surface area contributed by atoms with Gasteiger partial charge in [0, 0.05) is 11.0 Å². The van der Waals surface area contributed by atoms with Gasteiger partial charge in [-0.25, -0.2) is 4.39 Å². The molecule has 3 nitrogen and oxygen atoms in total. The van der Waals surface area contributed by atoms with E-state index in [4.69, 9.17) is 10.5 Å². The van der Waals surface area contributed by atoms with Crippen molar-refractivity contribution in [1.82, 2.24) is 0 Å².